The smallest absolute Gasteiger partial charge is 0.165 e. The van der Waals surface area contributed by atoms with Gasteiger partial charge < -0.3 is 4.98 Å². The largest absolute Gasteiger partial charge is 0.339 e. The first-order valence-electron chi connectivity index (χ1n) is 1.89. The van der Waals surface area contributed by atoms with E-state index in [4.69, 9.17) is 0 Å². The second kappa shape index (κ2) is 2.02. The average molecular weight is 113 g/mol. The summed E-state index contributed by atoms with van der Waals surface area (Å²) in [7, 11) is 0. The lowest BCUT2D eigenvalue weighted by Gasteiger charge is -1.78. The molecule has 0 amide bonds. The standard InChI is InChI=1S/C4H5N2S/c1-7-4-5-2-3-6-4/h2H,1H3,(H,5,6). The monoisotopic (exact) mass is 113 g/mol. The molecule has 0 aliphatic carbocycles. The molecule has 0 unspecified atom stereocenters. The molecule has 0 bridgehead atoms. The van der Waals surface area contributed by atoms with E-state index in [0.29, 0.717) is 0 Å². The second-order valence-corrected chi connectivity index (χ2v) is 1.83. The van der Waals surface area contributed by atoms with E-state index in [0.717, 1.165) is 5.16 Å². The number of hydrogen-bond donors (Lipinski definition) is 1. The number of hydrogen-bond acceptors (Lipinski definition) is 2. The molecule has 1 radical (unpaired) electrons. The molecule has 37 valence electrons. The van der Waals surface area contributed by atoms with Crippen LogP contribution in [0.4, 0.5) is 0 Å². The molecule has 0 spiro atoms. The molecule has 0 saturated heterocycles. The lowest BCUT2D eigenvalue weighted by atomic mass is 11.0. The minimum Gasteiger partial charge on any atom is -0.339 e. The topological polar surface area (TPSA) is 28.7 Å². The van der Waals surface area contributed by atoms with E-state index >= 15 is 0 Å². The predicted octanol–water partition coefficient (Wildman–Crippen LogP) is 0.932. The number of aromatic amines is 1. The Balaban J connectivity index is 2.76. The molecule has 1 rings (SSSR count). The minimum atomic E-state index is 0.917. The van der Waals surface area contributed by atoms with Crippen LogP contribution in [-0.2, 0) is 0 Å². The van der Waals surface area contributed by atoms with Gasteiger partial charge >= 0.3 is 0 Å². The van der Waals surface area contributed by atoms with Crippen molar-refractivity contribution >= 4 is 11.8 Å². The zero-order valence-corrected chi connectivity index (χ0v) is 4.75. The Labute approximate surface area is 46.3 Å². The van der Waals surface area contributed by atoms with Crippen LogP contribution < -0.4 is 0 Å². The molecule has 1 aromatic heterocycles. The van der Waals surface area contributed by atoms with Gasteiger partial charge in [0.1, 0.15) is 6.20 Å². The summed E-state index contributed by atoms with van der Waals surface area (Å²) < 4.78 is 0. The van der Waals surface area contributed by atoms with Crippen molar-refractivity contribution in [3.63, 3.8) is 0 Å². The van der Waals surface area contributed by atoms with Crippen LogP contribution in [0.1, 0.15) is 0 Å². The Morgan fingerprint density at radius 2 is 2.86 bits per heavy atom. The van der Waals surface area contributed by atoms with Gasteiger partial charge in [-0.25, -0.2) is 4.98 Å². The fraction of sp³-hybridized carbons (Fsp3) is 0.250. The fourth-order valence-electron chi connectivity index (χ4n) is 0.322. The molecule has 2 nitrogen and oxygen atoms in total. The van der Waals surface area contributed by atoms with E-state index < -0.39 is 0 Å². The van der Waals surface area contributed by atoms with E-state index in [1.165, 1.54) is 0 Å². The van der Waals surface area contributed by atoms with Crippen LogP contribution in [0.3, 0.4) is 0 Å². The van der Waals surface area contributed by atoms with E-state index in [-0.39, 0.29) is 0 Å². The van der Waals surface area contributed by atoms with E-state index in [9.17, 15) is 0 Å². The third-order valence-electron chi connectivity index (χ3n) is 0.620. The minimum absolute atomic E-state index is 0.917. The lowest BCUT2D eigenvalue weighted by Crippen LogP contribution is -1.66. The van der Waals surface area contributed by atoms with Crippen molar-refractivity contribution in [3.8, 4) is 0 Å². The van der Waals surface area contributed by atoms with E-state index in [2.05, 4.69) is 16.2 Å². The maximum atomic E-state index is 3.82. The van der Waals surface area contributed by atoms with Crippen LogP contribution in [0.2, 0.25) is 0 Å². The van der Waals surface area contributed by atoms with Crippen molar-refractivity contribution in [2.24, 2.45) is 0 Å². The van der Waals surface area contributed by atoms with Crippen molar-refractivity contribution in [2.45, 2.75) is 5.16 Å². The zero-order valence-electron chi connectivity index (χ0n) is 3.93. The number of nitrogens with one attached hydrogen (secondary N) is 1. The molecule has 7 heavy (non-hydrogen) atoms. The number of H-pyrrole nitrogens is 1. The quantitative estimate of drug-likeness (QED) is 0.549. The summed E-state index contributed by atoms with van der Waals surface area (Å²) in [6.45, 7) is 0. The Kier molecular flexibility index (Phi) is 1.36. The van der Waals surface area contributed by atoms with Gasteiger partial charge in [-0.15, -0.1) is 0 Å². The SMILES string of the molecule is CSc1n[c]c[nH]1. The van der Waals surface area contributed by atoms with Crippen LogP contribution >= 0.6 is 11.8 Å². The molecule has 0 aromatic carbocycles. The third-order valence-corrected chi connectivity index (χ3v) is 1.22. The summed E-state index contributed by atoms with van der Waals surface area (Å²) in [5.41, 5.74) is 0. The Bertz CT molecular complexity index is 124. The lowest BCUT2D eigenvalue weighted by molar-refractivity contribution is 1.06. The van der Waals surface area contributed by atoms with Gasteiger partial charge in [-0.3, -0.25) is 0 Å². The summed E-state index contributed by atoms with van der Waals surface area (Å²) in [5, 5.41) is 0.917. The fourth-order valence-corrected chi connectivity index (χ4v) is 0.643. The van der Waals surface area contributed by atoms with Gasteiger partial charge in [0.2, 0.25) is 0 Å². The maximum absolute atomic E-state index is 3.82. The van der Waals surface area contributed by atoms with Crippen LogP contribution in [0, 0.1) is 6.20 Å². The molecular formula is C4H5N2S. The third kappa shape index (κ3) is 0.962. The highest BCUT2D eigenvalue weighted by molar-refractivity contribution is 7.98. The summed E-state index contributed by atoms with van der Waals surface area (Å²) >= 11 is 1.58. The number of rotatable bonds is 1. The van der Waals surface area contributed by atoms with Crippen molar-refractivity contribution < 1.29 is 0 Å². The summed E-state index contributed by atoms with van der Waals surface area (Å²) in [5.74, 6) is 0. The van der Waals surface area contributed by atoms with E-state index in [1.807, 2.05) is 6.26 Å². The molecule has 0 fully saturated rings. The first-order valence-corrected chi connectivity index (χ1v) is 3.11. The van der Waals surface area contributed by atoms with Crippen molar-refractivity contribution in [3.05, 3.63) is 12.4 Å². The van der Waals surface area contributed by atoms with Crippen LogP contribution in [0.5, 0.6) is 0 Å². The van der Waals surface area contributed by atoms with Crippen molar-refractivity contribution in [1.29, 1.82) is 0 Å². The number of imidazole rings is 1. The molecule has 0 atom stereocenters. The van der Waals surface area contributed by atoms with Gasteiger partial charge in [0.25, 0.3) is 0 Å². The first kappa shape index (κ1) is 4.71. The van der Waals surface area contributed by atoms with Gasteiger partial charge in [0.05, 0.1) is 0 Å². The molecule has 0 aliphatic rings. The first-order chi connectivity index (χ1) is 3.43. The van der Waals surface area contributed by atoms with Gasteiger partial charge in [0.15, 0.2) is 5.16 Å². The Morgan fingerprint density at radius 1 is 2.00 bits per heavy atom. The van der Waals surface area contributed by atoms with Crippen LogP contribution in [0.25, 0.3) is 0 Å². The normalized spacial score (nSPS) is 9.29. The highest BCUT2D eigenvalue weighted by Crippen LogP contribution is 2.03. The number of aromatic nitrogens is 2. The molecule has 1 heterocycles. The van der Waals surface area contributed by atoms with Gasteiger partial charge in [-0.1, -0.05) is 11.8 Å². The summed E-state index contributed by atoms with van der Waals surface area (Å²) in [4.78, 5) is 6.70. The highest BCUT2D eigenvalue weighted by Gasteiger charge is 1.84. The predicted molar refractivity (Wildman–Crippen MR) is 29.2 cm³/mol. The Morgan fingerprint density at radius 3 is 3.14 bits per heavy atom. The molecule has 0 saturated carbocycles. The summed E-state index contributed by atoms with van der Waals surface area (Å²) in [6, 6.07) is 0. The van der Waals surface area contributed by atoms with Gasteiger partial charge in [-0.2, -0.15) is 0 Å². The molecule has 1 N–H and O–H groups in total. The maximum Gasteiger partial charge on any atom is 0.165 e. The number of nitrogens with zero attached hydrogens (tertiary/aromatic N) is 1. The molecule has 0 aliphatic heterocycles. The highest BCUT2D eigenvalue weighted by atomic mass is 32.2. The van der Waals surface area contributed by atoms with Crippen LogP contribution in [-0.4, -0.2) is 16.2 Å². The van der Waals surface area contributed by atoms with Crippen molar-refractivity contribution in [1.82, 2.24) is 9.97 Å². The molecule has 3 heteroatoms. The van der Waals surface area contributed by atoms with Crippen molar-refractivity contribution in [2.75, 3.05) is 6.26 Å². The average Bonchev–Trinajstić information content (AvgIpc) is 2.14. The molecular weight excluding hydrogens is 108 g/mol. The van der Waals surface area contributed by atoms with Gasteiger partial charge in [-0.05, 0) is 6.26 Å². The summed E-state index contributed by atoms with van der Waals surface area (Å²) in [6.07, 6.45) is 6.31. The zero-order chi connectivity index (χ0) is 5.11. The van der Waals surface area contributed by atoms with Gasteiger partial charge in [0, 0.05) is 6.20 Å². The van der Waals surface area contributed by atoms with E-state index in [1.54, 1.807) is 18.0 Å². The number of thioether (sulfide) groups is 1. The molecule has 1 aromatic rings. The van der Waals surface area contributed by atoms with Crippen LogP contribution in [0.15, 0.2) is 11.4 Å². The second-order valence-electron chi connectivity index (χ2n) is 1.04. The Hall–Kier alpha value is -0.440.